The van der Waals surface area contributed by atoms with E-state index in [-0.39, 0.29) is 6.54 Å². The highest BCUT2D eigenvalue weighted by atomic mass is 35.5. The molecule has 0 aromatic heterocycles. The molecular formula is C16H17ClN2O3S2. The summed E-state index contributed by atoms with van der Waals surface area (Å²) < 4.78 is 25.0. The van der Waals surface area contributed by atoms with Crippen LogP contribution in [0, 0.1) is 0 Å². The molecule has 0 aliphatic rings. The maximum absolute atomic E-state index is 12.2. The van der Waals surface area contributed by atoms with Crippen molar-refractivity contribution in [1.29, 1.82) is 0 Å². The molecule has 0 radical (unpaired) electrons. The SMILES string of the molecule is CSc1ccc(NC(=O)CN(c2cccc(Cl)c2)S(C)(=O)=O)cc1. The first kappa shape index (κ1) is 18.6. The normalized spacial score (nSPS) is 11.1. The van der Waals surface area contributed by atoms with Gasteiger partial charge in [0.1, 0.15) is 6.54 Å². The number of hydrogen-bond acceptors (Lipinski definition) is 4. The van der Waals surface area contributed by atoms with Crippen LogP contribution in [0.1, 0.15) is 0 Å². The number of thioether (sulfide) groups is 1. The van der Waals surface area contributed by atoms with E-state index in [1.54, 1.807) is 42.1 Å². The molecule has 5 nitrogen and oxygen atoms in total. The van der Waals surface area contributed by atoms with E-state index >= 15 is 0 Å². The average Bonchev–Trinajstić information content (AvgIpc) is 2.52. The molecule has 2 rings (SSSR count). The second-order valence-electron chi connectivity index (χ2n) is 5.03. The van der Waals surface area contributed by atoms with Crippen molar-refractivity contribution in [2.45, 2.75) is 4.90 Å². The third kappa shape index (κ3) is 5.15. The van der Waals surface area contributed by atoms with Gasteiger partial charge < -0.3 is 5.32 Å². The highest BCUT2D eigenvalue weighted by Crippen LogP contribution is 2.22. The monoisotopic (exact) mass is 384 g/mol. The topological polar surface area (TPSA) is 66.5 Å². The predicted octanol–water partition coefficient (Wildman–Crippen LogP) is 3.47. The van der Waals surface area contributed by atoms with Gasteiger partial charge in [0.15, 0.2) is 0 Å². The van der Waals surface area contributed by atoms with Crippen LogP contribution in [0.2, 0.25) is 5.02 Å². The Hall–Kier alpha value is -1.70. The van der Waals surface area contributed by atoms with Gasteiger partial charge in [-0.2, -0.15) is 0 Å². The molecule has 8 heteroatoms. The first-order valence-electron chi connectivity index (χ1n) is 6.97. The highest BCUT2D eigenvalue weighted by Gasteiger charge is 2.21. The number of benzene rings is 2. The minimum Gasteiger partial charge on any atom is -0.325 e. The van der Waals surface area contributed by atoms with Gasteiger partial charge in [0.05, 0.1) is 11.9 Å². The molecule has 24 heavy (non-hydrogen) atoms. The van der Waals surface area contributed by atoms with Gasteiger partial charge in [0, 0.05) is 15.6 Å². The number of nitrogens with one attached hydrogen (secondary N) is 1. The average molecular weight is 385 g/mol. The molecule has 0 spiro atoms. The molecular weight excluding hydrogens is 368 g/mol. The molecule has 0 bridgehead atoms. The van der Waals surface area contributed by atoms with Gasteiger partial charge in [-0.3, -0.25) is 9.10 Å². The van der Waals surface area contributed by atoms with Gasteiger partial charge in [-0.05, 0) is 48.7 Å². The number of hydrogen-bond donors (Lipinski definition) is 1. The van der Waals surface area contributed by atoms with Crippen molar-refractivity contribution in [2.24, 2.45) is 0 Å². The third-order valence-corrected chi connectivity index (χ3v) is 5.28. The Bertz CT molecular complexity index is 823. The fourth-order valence-corrected chi connectivity index (χ4v) is 3.48. The van der Waals surface area contributed by atoms with Crippen LogP contribution < -0.4 is 9.62 Å². The number of nitrogens with zero attached hydrogens (tertiary/aromatic N) is 1. The number of carbonyl (C=O) groups is 1. The van der Waals surface area contributed by atoms with Crippen LogP contribution in [0.3, 0.4) is 0 Å². The second-order valence-corrected chi connectivity index (χ2v) is 8.25. The standard InChI is InChI=1S/C16H17ClN2O3S2/c1-23-15-8-6-13(7-9-15)18-16(20)11-19(24(2,21)22)14-5-3-4-12(17)10-14/h3-10H,11H2,1-2H3,(H,18,20). The summed E-state index contributed by atoms with van der Waals surface area (Å²) in [6, 6.07) is 13.7. The molecule has 0 saturated heterocycles. The molecule has 1 N–H and O–H groups in total. The maximum atomic E-state index is 12.2. The molecule has 0 atom stereocenters. The first-order valence-corrected chi connectivity index (χ1v) is 10.4. The van der Waals surface area contributed by atoms with E-state index in [1.165, 1.54) is 6.07 Å². The Morgan fingerprint density at radius 3 is 2.42 bits per heavy atom. The third-order valence-electron chi connectivity index (χ3n) is 3.16. The van der Waals surface area contributed by atoms with E-state index in [1.807, 2.05) is 18.4 Å². The van der Waals surface area contributed by atoms with E-state index in [9.17, 15) is 13.2 Å². The summed E-state index contributed by atoms with van der Waals surface area (Å²) in [6.07, 6.45) is 3.01. The number of halogens is 1. The molecule has 0 aliphatic heterocycles. The molecule has 0 saturated carbocycles. The van der Waals surface area contributed by atoms with Crippen LogP contribution in [0.4, 0.5) is 11.4 Å². The van der Waals surface area contributed by atoms with Crippen molar-refractivity contribution < 1.29 is 13.2 Å². The predicted molar refractivity (Wildman–Crippen MR) is 100 cm³/mol. The van der Waals surface area contributed by atoms with Crippen molar-refractivity contribution in [3.05, 3.63) is 53.6 Å². The Morgan fingerprint density at radius 2 is 1.88 bits per heavy atom. The zero-order chi connectivity index (χ0) is 17.7. The van der Waals surface area contributed by atoms with Crippen molar-refractivity contribution in [1.82, 2.24) is 0 Å². The Labute approximate surface area is 151 Å². The van der Waals surface area contributed by atoms with Crippen LogP contribution in [0.5, 0.6) is 0 Å². The van der Waals surface area contributed by atoms with Gasteiger partial charge in [-0.1, -0.05) is 17.7 Å². The fourth-order valence-electron chi connectivity index (χ4n) is 2.04. The van der Waals surface area contributed by atoms with E-state index in [2.05, 4.69) is 5.32 Å². The molecule has 1 amide bonds. The van der Waals surface area contributed by atoms with Crippen molar-refractivity contribution in [3.8, 4) is 0 Å². The van der Waals surface area contributed by atoms with Crippen LogP contribution in [-0.4, -0.2) is 33.4 Å². The Balaban J connectivity index is 2.15. The first-order chi connectivity index (χ1) is 11.3. The van der Waals surface area contributed by atoms with E-state index in [0.717, 1.165) is 15.5 Å². The summed E-state index contributed by atoms with van der Waals surface area (Å²) in [5, 5.41) is 3.09. The van der Waals surface area contributed by atoms with Gasteiger partial charge in [0.25, 0.3) is 0 Å². The lowest BCUT2D eigenvalue weighted by atomic mass is 10.3. The summed E-state index contributed by atoms with van der Waals surface area (Å²) in [5.41, 5.74) is 0.954. The van der Waals surface area contributed by atoms with Crippen LogP contribution in [0.15, 0.2) is 53.4 Å². The smallest absolute Gasteiger partial charge is 0.245 e. The summed E-state index contributed by atoms with van der Waals surface area (Å²) in [4.78, 5) is 13.3. The van der Waals surface area contributed by atoms with Crippen molar-refractivity contribution in [3.63, 3.8) is 0 Å². The van der Waals surface area contributed by atoms with Gasteiger partial charge in [-0.15, -0.1) is 11.8 Å². The summed E-state index contributed by atoms with van der Waals surface area (Å²) in [6.45, 7) is -0.330. The van der Waals surface area contributed by atoms with Crippen LogP contribution >= 0.6 is 23.4 Å². The minimum absolute atomic E-state index is 0.330. The lowest BCUT2D eigenvalue weighted by Gasteiger charge is -2.22. The van der Waals surface area contributed by atoms with E-state index in [0.29, 0.717) is 16.4 Å². The lowest BCUT2D eigenvalue weighted by Crippen LogP contribution is -2.37. The number of sulfonamides is 1. The van der Waals surface area contributed by atoms with Crippen LogP contribution in [-0.2, 0) is 14.8 Å². The Morgan fingerprint density at radius 1 is 1.21 bits per heavy atom. The molecule has 0 aliphatic carbocycles. The number of amides is 1. The van der Waals surface area contributed by atoms with Crippen LogP contribution in [0.25, 0.3) is 0 Å². The van der Waals surface area contributed by atoms with Gasteiger partial charge in [0.2, 0.25) is 15.9 Å². The zero-order valence-electron chi connectivity index (χ0n) is 13.2. The molecule has 0 fully saturated rings. The number of anilines is 2. The largest absolute Gasteiger partial charge is 0.325 e. The maximum Gasteiger partial charge on any atom is 0.245 e. The fraction of sp³-hybridized carbons (Fsp3) is 0.188. The van der Waals surface area contributed by atoms with E-state index in [4.69, 9.17) is 11.6 Å². The second kappa shape index (κ2) is 7.92. The van der Waals surface area contributed by atoms with Crippen molar-refractivity contribution in [2.75, 3.05) is 28.7 Å². The highest BCUT2D eigenvalue weighted by molar-refractivity contribution is 7.98. The van der Waals surface area contributed by atoms with E-state index < -0.39 is 15.9 Å². The lowest BCUT2D eigenvalue weighted by molar-refractivity contribution is -0.114. The number of carbonyl (C=O) groups excluding carboxylic acids is 1. The summed E-state index contributed by atoms with van der Waals surface area (Å²) in [5.74, 6) is -0.433. The minimum atomic E-state index is -3.62. The molecule has 2 aromatic carbocycles. The zero-order valence-corrected chi connectivity index (χ0v) is 15.6. The summed E-state index contributed by atoms with van der Waals surface area (Å²) in [7, 11) is -3.62. The molecule has 128 valence electrons. The molecule has 0 heterocycles. The van der Waals surface area contributed by atoms with Gasteiger partial charge in [-0.25, -0.2) is 8.42 Å². The van der Waals surface area contributed by atoms with Crippen molar-refractivity contribution >= 4 is 50.7 Å². The Kier molecular flexibility index (Phi) is 6.15. The van der Waals surface area contributed by atoms with Gasteiger partial charge >= 0.3 is 0 Å². The molecule has 0 unspecified atom stereocenters. The molecule has 2 aromatic rings. The quantitative estimate of drug-likeness (QED) is 0.774. The summed E-state index contributed by atoms with van der Waals surface area (Å²) >= 11 is 7.51. The number of rotatable bonds is 6.